The van der Waals surface area contributed by atoms with E-state index in [2.05, 4.69) is 6.58 Å². The van der Waals surface area contributed by atoms with Crippen LogP contribution in [0.3, 0.4) is 0 Å². The first kappa shape index (κ1) is 34.5. The monoisotopic (exact) mass is 625 g/mol. The van der Waals surface area contributed by atoms with Gasteiger partial charge in [-0.25, -0.2) is 0 Å². The van der Waals surface area contributed by atoms with Crippen molar-refractivity contribution < 1.29 is 43.6 Å². The molecular formula is C35H47NO9. The van der Waals surface area contributed by atoms with Crippen LogP contribution in [0.1, 0.15) is 78.8 Å². The Labute approximate surface area is 265 Å². The van der Waals surface area contributed by atoms with Crippen molar-refractivity contribution >= 4 is 23.7 Å². The molecule has 0 saturated heterocycles. The van der Waals surface area contributed by atoms with Gasteiger partial charge in [-0.05, 0) is 56.1 Å². The number of ether oxygens (including phenoxy) is 3. The number of esters is 3. The number of aliphatic hydroxyl groups excluding tert-OH is 1. The van der Waals surface area contributed by atoms with E-state index in [1.165, 1.54) is 13.8 Å². The number of carbonyl (C=O) groups is 4. The average molecular weight is 626 g/mol. The molecule has 1 aromatic carbocycles. The van der Waals surface area contributed by atoms with Crippen molar-refractivity contribution in [3.63, 3.8) is 0 Å². The normalized spacial score (nSPS) is 33.4. The Hall–Kier alpha value is -3.34. The average Bonchev–Trinajstić information content (AvgIpc) is 2.94. The fourth-order valence-electron chi connectivity index (χ4n) is 8.05. The minimum Gasteiger partial charge on any atom is -0.459 e. The SMILES string of the molecule is C=C1[C@@H](OC(=O)CC(c2ccccc2)N(C)C)CC[C@@]2(C)[C@@H](OC(C)=O)[C@H](O)C3=C(C)C(=O)C[C@@](O)([C@@H](OC(C)=O)[C@H]12)C3(C)C. The van der Waals surface area contributed by atoms with Crippen LogP contribution in [-0.4, -0.2) is 82.9 Å². The predicted octanol–water partition coefficient (Wildman–Crippen LogP) is 3.85. The van der Waals surface area contributed by atoms with Crippen molar-refractivity contribution in [1.29, 1.82) is 0 Å². The van der Waals surface area contributed by atoms with E-state index in [9.17, 15) is 29.4 Å². The molecule has 2 N–H and O–H groups in total. The van der Waals surface area contributed by atoms with Gasteiger partial charge >= 0.3 is 17.9 Å². The van der Waals surface area contributed by atoms with Gasteiger partial charge in [-0.15, -0.1) is 0 Å². The smallest absolute Gasteiger partial charge is 0.308 e. The molecule has 246 valence electrons. The number of ketones is 1. The molecule has 8 atom stereocenters. The van der Waals surface area contributed by atoms with Crippen molar-refractivity contribution in [2.45, 2.75) is 103 Å². The second-order valence-electron chi connectivity index (χ2n) is 13.9. The summed E-state index contributed by atoms with van der Waals surface area (Å²) < 4.78 is 17.9. The molecule has 0 aromatic heterocycles. The Morgan fingerprint density at radius 3 is 2.16 bits per heavy atom. The van der Waals surface area contributed by atoms with E-state index in [1.54, 1.807) is 27.7 Å². The van der Waals surface area contributed by atoms with Gasteiger partial charge in [0.1, 0.15) is 30.0 Å². The van der Waals surface area contributed by atoms with Gasteiger partial charge < -0.3 is 29.3 Å². The van der Waals surface area contributed by atoms with Gasteiger partial charge in [0.05, 0.1) is 6.42 Å². The van der Waals surface area contributed by atoms with E-state index in [4.69, 9.17) is 14.2 Å². The molecule has 0 radical (unpaired) electrons. The number of aliphatic hydroxyl groups is 2. The highest BCUT2D eigenvalue weighted by molar-refractivity contribution is 5.98. The van der Waals surface area contributed by atoms with E-state index in [0.717, 1.165) is 5.56 Å². The molecular weight excluding hydrogens is 578 g/mol. The largest absolute Gasteiger partial charge is 0.459 e. The van der Waals surface area contributed by atoms with Gasteiger partial charge in [0, 0.05) is 43.1 Å². The zero-order valence-electron chi connectivity index (χ0n) is 27.6. The quantitative estimate of drug-likeness (QED) is 0.261. The molecule has 45 heavy (non-hydrogen) atoms. The predicted molar refractivity (Wildman–Crippen MR) is 166 cm³/mol. The maximum atomic E-state index is 13.5. The first-order valence-electron chi connectivity index (χ1n) is 15.5. The summed E-state index contributed by atoms with van der Waals surface area (Å²) in [7, 11) is 3.76. The highest BCUT2D eigenvalue weighted by atomic mass is 16.6. The van der Waals surface area contributed by atoms with Crippen molar-refractivity contribution in [2.75, 3.05) is 14.1 Å². The molecule has 2 saturated carbocycles. The van der Waals surface area contributed by atoms with Gasteiger partial charge in [0.25, 0.3) is 0 Å². The van der Waals surface area contributed by atoms with E-state index < -0.39 is 70.5 Å². The molecule has 0 heterocycles. The molecule has 4 rings (SSSR count). The topological polar surface area (TPSA) is 140 Å². The Balaban J connectivity index is 1.81. The first-order valence-corrected chi connectivity index (χ1v) is 15.5. The lowest BCUT2D eigenvalue weighted by Crippen LogP contribution is -2.70. The number of rotatable bonds is 7. The Kier molecular flexibility index (Phi) is 9.56. The van der Waals surface area contributed by atoms with Gasteiger partial charge in [0.2, 0.25) is 0 Å². The molecule has 3 aliphatic rings. The zero-order valence-corrected chi connectivity index (χ0v) is 27.6. The van der Waals surface area contributed by atoms with E-state index >= 15 is 0 Å². The molecule has 1 aromatic rings. The summed E-state index contributed by atoms with van der Waals surface area (Å²) in [6.45, 7) is 13.5. The molecule has 0 spiro atoms. The van der Waals surface area contributed by atoms with Crippen LogP contribution in [-0.2, 0) is 33.4 Å². The standard InChI is InChI=1S/C35H47NO9/c1-19-25(39)18-35(42)31(43-21(3)37)29-20(2)26(45-27(40)17-24(36(8)9)23-13-11-10-12-14-23)15-16-34(29,7)32(44-22(4)38)30(41)28(19)33(35,5)6/h10-14,24,26,29-32,41-42H,2,15-18H2,1,3-9H3/t24?,26-,29-,30+,31-,32-,34+,35+/m0/s1. The first-order chi connectivity index (χ1) is 20.9. The Bertz CT molecular complexity index is 1400. The number of benzene rings is 1. The Morgan fingerprint density at radius 2 is 1.60 bits per heavy atom. The third-order valence-corrected chi connectivity index (χ3v) is 10.5. The second-order valence-corrected chi connectivity index (χ2v) is 13.9. The molecule has 0 aliphatic heterocycles. The third kappa shape index (κ3) is 6.00. The van der Waals surface area contributed by atoms with Crippen LogP contribution in [0, 0.1) is 16.7 Å². The van der Waals surface area contributed by atoms with Crippen LogP contribution < -0.4 is 0 Å². The van der Waals surface area contributed by atoms with Crippen molar-refractivity contribution in [3.8, 4) is 0 Å². The van der Waals surface area contributed by atoms with Gasteiger partial charge in [0.15, 0.2) is 5.78 Å². The lowest BCUT2D eigenvalue weighted by Gasteiger charge is -2.61. The fourth-order valence-corrected chi connectivity index (χ4v) is 8.05. The molecule has 2 fully saturated rings. The van der Waals surface area contributed by atoms with E-state index in [1.807, 2.05) is 49.3 Å². The zero-order chi connectivity index (χ0) is 33.6. The summed E-state index contributed by atoms with van der Waals surface area (Å²) >= 11 is 0. The highest BCUT2D eigenvalue weighted by Gasteiger charge is 2.68. The minimum absolute atomic E-state index is 0.0593. The molecule has 0 amide bonds. The van der Waals surface area contributed by atoms with Gasteiger partial charge in [-0.3, -0.25) is 19.2 Å². The number of nitrogens with zero attached hydrogens (tertiary/aromatic N) is 1. The summed E-state index contributed by atoms with van der Waals surface area (Å²) in [6, 6.07) is 9.36. The number of carbonyl (C=O) groups excluding carboxylic acids is 4. The van der Waals surface area contributed by atoms with E-state index in [-0.39, 0.29) is 42.9 Å². The number of Topliss-reactive ketones (excluding diaryl/α,β-unsaturated/α-hetero) is 1. The fraction of sp³-hybridized carbons (Fsp3) is 0.600. The lowest BCUT2D eigenvalue weighted by atomic mass is 9.48. The molecule has 2 bridgehead atoms. The van der Waals surface area contributed by atoms with Gasteiger partial charge in [-0.1, -0.05) is 57.7 Å². The number of hydrogen-bond donors (Lipinski definition) is 2. The minimum atomic E-state index is -1.98. The third-order valence-electron chi connectivity index (χ3n) is 10.5. The summed E-state index contributed by atoms with van der Waals surface area (Å²) in [4.78, 5) is 54.0. The Morgan fingerprint density at radius 1 is 1.02 bits per heavy atom. The molecule has 10 heteroatoms. The van der Waals surface area contributed by atoms with Crippen LogP contribution in [0.4, 0.5) is 0 Å². The summed E-state index contributed by atoms with van der Waals surface area (Å²) in [6.07, 6.45) is -4.59. The van der Waals surface area contributed by atoms with Crippen LogP contribution in [0.15, 0.2) is 53.6 Å². The van der Waals surface area contributed by atoms with Crippen LogP contribution >= 0.6 is 0 Å². The summed E-state index contributed by atoms with van der Waals surface area (Å²) in [5.74, 6) is -3.20. The van der Waals surface area contributed by atoms with Crippen LogP contribution in [0.2, 0.25) is 0 Å². The van der Waals surface area contributed by atoms with Crippen molar-refractivity contribution in [1.82, 2.24) is 4.90 Å². The summed E-state index contributed by atoms with van der Waals surface area (Å²) in [5.41, 5.74) is -2.61. The maximum absolute atomic E-state index is 13.5. The highest BCUT2D eigenvalue weighted by Crippen LogP contribution is 2.61. The van der Waals surface area contributed by atoms with Crippen molar-refractivity contribution in [3.05, 3.63) is 59.2 Å². The van der Waals surface area contributed by atoms with Crippen LogP contribution in [0.5, 0.6) is 0 Å². The molecule has 3 aliphatic carbocycles. The lowest BCUT2D eigenvalue weighted by molar-refractivity contribution is -0.232. The number of allylic oxidation sites excluding steroid dienone is 1. The van der Waals surface area contributed by atoms with Crippen LogP contribution in [0.25, 0.3) is 0 Å². The number of hydrogen-bond acceptors (Lipinski definition) is 10. The van der Waals surface area contributed by atoms with Crippen molar-refractivity contribution in [2.24, 2.45) is 16.7 Å². The number of fused-ring (bicyclic) bond motifs is 3. The molecule has 1 unspecified atom stereocenters. The summed E-state index contributed by atoms with van der Waals surface area (Å²) in [5, 5.41) is 24.5. The maximum Gasteiger partial charge on any atom is 0.308 e. The second kappa shape index (κ2) is 12.5. The molecule has 10 nitrogen and oxygen atoms in total. The van der Waals surface area contributed by atoms with Gasteiger partial charge in [-0.2, -0.15) is 0 Å². The van der Waals surface area contributed by atoms with E-state index in [0.29, 0.717) is 5.57 Å².